The van der Waals surface area contributed by atoms with Crippen molar-refractivity contribution < 1.29 is 4.79 Å². The molecule has 5 heteroatoms. The lowest BCUT2D eigenvalue weighted by Gasteiger charge is -2.25. The minimum Gasteiger partial charge on any atom is -0.324 e. The maximum absolute atomic E-state index is 11.6. The molecule has 1 aromatic rings. The van der Waals surface area contributed by atoms with E-state index in [1.54, 1.807) is 18.2 Å². The van der Waals surface area contributed by atoms with Gasteiger partial charge in [0.2, 0.25) is 5.91 Å². The van der Waals surface area contributed by atoms with Crippen molar-refractivity contribution in [3.8, 4) is 0 Å². The van der Waals surface area contributed by atoms with Gasteiger partial charge in [-0.05, 0) is 18.2 Å². The number of hydrogen-bond acceptors (Lipinski definition) is 2. The highest BCUT2D eigenvalue weighted by molar-refractivity contribution is 6.35. The highest BCUT2D eigenvalue weighted by Crippen LogP contribution is 2.26. The lowest BCUT2D eigenvalue weighted by molar-refractivity contribution is -0.121. The summed E-state index contributed by atoms with van der Waals surface area (Å²) in [5, 5.41) is 6.85. The molecule has 1 amide bonds. The number of nitrogens with one attached hydrogen (secondary N) is 2. The third-order valence-electron chi connectivity index (χ3n) is 2.34. The first-order valence-corrected chi connectivity index (χ1v) is 5.39. The molecular weight excluding hydrogens is 235 g/mol. The lowest BCUT2D eigenvalue weighted by Crippen LogP contribution is -2.48. The van der Waals surface area contributed by atoms with Gasteiger partial charge in [0, 0.05) is 18.1 Å². The van der Waals surface area contributed by atoms with E-state index in [-0.39, 0.29) is 11.8 Å². The van der Waals surface area contributed by atoms with Crippen molar-refractivity contribution in [3.63, 3.8) is 0 Å². The molecule has 1 fully saturated rings. The summed E-state index contributed by atoms with van der Waals surface area (Å²) in [6.07, 6.45) is 0. The van der Waals surface area contributed by atoms with Gasteiger partial charge in [-0.15, -0.1) is 0 Å². The standard InChI is InChI=1S/C10H10Cl2N2O/c11-7-1-2-8(12)9(3-7)14-10(15)6-4-13-5-6/h1-3,6,13H,4-5H2,(H,14,15). The smallest absolute Gasteiger partial charge is 0.230 e. The number of benzene rings is 1. The number of hydrogen-bond donors (Lipinski definition) is 2. The van der Waals surface area contributed by atoms with Gasteiger partial charge in [-0.3, -0.25) is 4.79 Å². The van der Waals surface area contributed by atoms with Gasteiger partial charge in [0.05, 0.1) is 16.6 Å². The molecule has 0 saturated carbocycles. The second-order valence-electron chi connectivity index (χ2n) is 3.47. The fourth-order valence-electron chi connectivity index (χ4n) is 1.30. The van der Waals surface area contributed by atoms with E-state index in [1.807, 2.05) is 0 Å². The Kier molecular flexibility index (Phi) is 3.14. The Morgan fingerprint density at radius 1 is 1.40 bits per heavy atom. The Morgan fingerprint density at radius 2 is 2.13 bits per heavy atom. The summed E-state index contributed by atoms with van der Waals surface area (Å²) in [6.45, 7) is 1.45. The van der Waals surface area contributed by atoms with Gasteiger partial charge < -0.3 is 10.6 Å². The average Bonchev–Trinajstić information content (AvgIpc) is 2.08. The molecule has 1 aliphatic heterocycles. The number of carbonyl (C=O) groups is 1. The van der Waals surface area contributed by atoms with Crippen LogP contribution in [-0.4, -0.2) is 19.0 Å². The summed E-state index contributed by atoms with van der Waals surface area (Å²) < 4.78 is 0. The molecule has 0 unspecified atom stereocenters. The number of carbonyl (C=O) groups excluding carboxylic acids is 1. The van der Waals surface area contributed by atoms with Crippen molar-refractivity contribution in [1.82, 2.24) is 5.32 Å². The summed E-state index contributed by atoms with van der Waals surface area (Å²) in [5.41, 5.74) is 0.570. The minimum absolute atomic E-state index is 0.0158. The molecule has 0 aliphatic carbocycles. The number of halogens is 2. The molecule has 2 rings (SSSR count). The Balaban J connectivity index is 2.09. The maximum Gasteiger partial charge on any atom is 0.230 e. The van der Waals surface area contributed by atoms with E-state index in [0.29, 0.717) is 15.7 Å². The highest BCUT2D eigenvalue weighted by atomic mass is 35.5. The first-order valence-electron chi connectivity index (χ1n) is 4.63. The van der Waals surface area contributed by atoms with Crippen molar-refractivity contribution in [2.24, 2.45) is 5.92 Å². The van der Waals surface area contributed by atoms with Gasteiger partial charge in [-0.25, -0.2) is 0 Å². The van der Waals surface area contributed by atoms with Crippen LogP contribution in [0.5, 0.6) is 0 Å². The number of rotatable bonds is 2. The molecule has 2 N–H and O–H groups in total. The Labute approximate surface area is 97.8 Å². The van der Waals surface area contributed by atoms with E-state index < -0.39 is 0 Å². The van der Waals surface area contributed by atoms with Crippen LogP contribution in [0, 0.1) is 5.92 Å². The van der Waals surface area contributed by atoms with Crippen LogP contribution in [0.3, 0.4) is 0 Å². The van der Waals surface area contributed by atoms with Crippen LogP contribution >= 0.6 is 23.2 Å². The van der Waals surface area contributed by atoms with Crippen molar-refractivity contribution in [2.45, 2.75) is 0 Å². The van der Waals surface area contributed by atoms with E-state index in [0.717, 1.165) is 13.1 Å². The summed E-state index contributed by atoms with van der Waals surface area (Å²) in [6, 6.07) is 5.00. The van der Waals surface area contributed by atoms with Gasteiger partial charge in [-0.2, -0.15) is 0 Å². The van der Waals surface area contributed by atoms with Crippen LogP contribution in [0.2, 0.25) is 10.0 Å². The average molecular weight is 245 g/mol. The zero-order chi connectivity index (χ0) is 10.8. The van der Waals surface area contributed by atoms with Crippen LogP contribution in [0.15, 0.2) is 18.2 Å². The van der Waals surface area contributed by atoms with Crippen molar-refractivity contribution >= 4 is 34.8 Å². The largest absolute Gasteiger partial charge is 0.324 e. The Bertz CT molecular complexity index is 391. The highest BCUT2D eigenvalue weighted by Gasteiger charge is 2.25. The summed E-state index contributed by atoms with van der Waals surface area (Å²) in [4.78, 5) is 11.6. The van der Waals surface area contributed by atoms with Crippen molar-refractivity contribution in [1.29, 1.82) is 0 Å². The fourth-order valence-corrected chi connectivity index (χ4v) is 1.64. The van der Waals surface area contributed by atoms with Crippen molar-refractivity contribution in [3.05, 3.63) is 28.2 Å². The Hall–Kier alpha value is -0.770. The van der Waals surface area contributed by atoms with Crippen LogP contribution in [0.25, 0.3) is 0 Å². The predicted octanol–water partition coefficient (Wildman–Crippen LogP) is 2.15. The molecule has 0 radical (unpaired) electrons. The summed E-state index contributed by atoms with van der Waals surface area (Å²) in [5.74, 6) is 0.0259. The van der Waals surface area contributed by atoms with E-state index in [2.05, 4.69) is 10.6 Å². The molecule has 1 heterocycles. The van der Waals surface area contributed by atoms with Crippen LogP contribution in [-0.2, 0) is 4.79 Å². The third-order valence-corrected chi connectivity index (χ3v) is 2.90. The van der Waals surface area contributed by atoms with Crippen LogP contribution in [0.1, 0.15) is 0 Å². The molecule has 0 spiro atoms. The molecule has 80 valence electrons. The van der Waals surface area contributed by atoms with E-state index in [4.69, 9.17) is 23.2 Å². The quantitative estimate of drug-likeness (QED) is 0.838. The Morgan fingerprint density at radius 3 is 2.73 bits per heavy atom. The van der Waals surface area contributed by atoms with E-state index in [1.165, 1.54) is 0 Å². The van der Waals surface area contributed by atoms with Gasteiger partial charge in [0.15, 0.2) is 0 Å². The van der Waals surface area contributed by atoms with Gasteiger partial charge in [-0.1, -0.05) is 23.2 Å². The van der Waals surface area contributed by atoms with E-state index in [9.17, 15) is 4.79 Å². The molecule has 0 atom stereocenters. The SMILES string of the molecule is O=C(Nc1cc(Cl)ccc1Cl)C1CNC1. The predicted molar refractivity (Wildman–Crippen MR) is 61.5 cm³/mol. The van der Waals surface area contributed by atoms with Crippen molar-refractivity contribution in [2.75, 3.05) is 18.4 Å². The zero-order valence-electron chi connectivity index (χ0n) is 7.89. The monoisotopic (exact) mass is 244 g/mol. The second-order valence-corrected chi connectivity index (χ2v) is 4.31. The first kappa shape index (κ1) is 10.7. The topological polar surface area (TPSA) is 41.1 Å². The lowest BCUT2D eigenvalue weighted by atomic mass is 10.0. The van der Waals surface area contributed by atoms with Gasteiger partial charge in [0.1, 0.15) is 0 Å². The molecule has 15 heavy (non-hydrogen) atoms. The molecule has 1 aromatic carbocycles. The molecule has 3 nitrogen and oxygen atoms in total. The number of amides is 1. The van der Waals surface area contributed by atoms with Gasteiger partial charge in [0.25, 0.3) is 0 Å². The van der Waals surface area contributed by atoms with Gasteiger partial charge >= 0.3 is 0 Å². The fraction of sp³-hybridized carbons (Fsp3) is 0.300. The molecule has 0 aromatic heterocycles. The summed E-state index contributed by atoms with van der Waals surface area (Å²) >= 11 is 11.7. The third kappa shape index (κ3) is 2.43. The van der Waals surface area contributed by atoms with Crippen LogP contribution < -0.4 is 10.6 Å². The molecular formula is C10H10Cl2N2O. The maximum atomic E-state index is 11.6. The first-order chi connectivity index (χ1) is 7.16. The second kappa shape index (κ2) is 4.39. The van der Waals surface area contributed by atoms with E-state index >= 15 is 0 Å². The normalized spacial score (nSPS) is 15.9. The molecule has 1 aliphatic rings. The summed E-state index contributed by atoms with van der Waals surface area (Å²) in [7, 11) is 0. The molecule has 0 bridgehead atoms. The molecule has 1 saturated heterocycles. The minimum atomic E-state index is -0.0158. The zero-order valence-corrected chi connectivity index (χ0v) is 9.40. The van der Waals surface area contributed by atoms with Crippen LogP contribution in [0.4, 0.5) is 5.69 Å². The number of anilines is 1.